The molecule has 0 spiro atoms. The normalized spacial score (nSPS) is 16.2. The SMILES string of the molecule is CC(C)C[C@H](C)N1CCN(C(=NCCc2ccccc2)Nc2cccc(C(=O)O)c2)CC1. The number of hydrogen-bond donors (Lipinski definition) is 2. The third kappa shape index (κ3) is 7.09. The maximum atomic E-state index is 11.4. The van der Waals surface area contributed by atoms with Crippen LogP contribution in [0.1, 0.15) is 43.1 Å². The molecule has 32 heavy (non-hydrogen) atoms. The molecule has 172 valence electrons. The van der Waals surface area contributed by atoms with Crippen molar-refractivity contribution in [3.05, 3.63) is 65.7 Å². The second-order valence-electron chi connectivity index (χ2n) is 8.95. The lowest BCUT2D eigenvalue weighted by atomic mass is 10.0. The van der Waals surface area contributed by atoms with Gasteiger partial charge in [0.05, 0.1) is 5.56 Å². The molecule has 0 saturated carbocycles. The molecule has 0 aromatic heterocycles. The number of carbonyl (C=O) groups is 1. The second-order valence-corrected chi connectivity index (χ2v) is 8.95. The molecule has 0 unspecified atom stereocenters. The minimum atomic E-state index is -0.927. The molecule has 1 saturated heterocycles. The quantitative estimate of drug-likeness (QED) is 0.473. The molecule has 6 heteroatoms. The zero-order valence-corrected chi connectivity index (χ0v) is 19.5. The van der Waals surface area contributed by atoms with Gasteiger partial charge in [-0.05, 0) is 49.4 Å². The van der Waals surface area contributed by atoms with Gasteiger partial charge in [-0.25, -0.2) is 4.79 Å². The van der Waals surface area contributed by atoms with E-state index in [0.29, 0.717) is 18.5 Å². The molecule has 1 atom stereocenters. The number of rotatable bonds is 8. The van der Waals surface area contributed by atoms with E-state index in [9.17, 15) is 9.90 Å². The number of aromatic carboxylic acids is 1. The number of guanidine groups is 1. The number of anilines is 1. The molecule has 1 heterocycles. The number of aliphatic imine (C=N–C) groups is 1. The molecule has 6 nitrogen and oxygen atoms in total. The van der Waals surface area contributed by atoms with E-state index >= 15 is 0 Å². The van der Waals surface area contributed by atoms with Crippen LogP contribution in [-0.2, 0) is 6.42 Å². The van der Waals surface area contributed by atoms with Crippen LogP contribution in [0, 0.1) is 5.92 Å². The van der Waals surface area contributed by atoms with Gasteiger partial charge < -0.3 is 15.3 Å². The van der Waals surface area contributed by atoms with E-state index in [1.807, 2.05) is 24.3 Å². The maximum absolute atomic E-state index is 11.4. The molecule has 0 amide bonds. The molecule has 1 aliphatic heterocycles. The summed E-state index contributed by atoms with van der Waals surface area (Å²) in [5, 5.41) is 12.7. The molecular formula is C26H36N4O2. The molecule has 1 aliphatic rings. The van der Waals surface area contributed by atoms with Gasteiger partial charge in [0.2, 0.25) is 0 Å². The smallest absolute Gasteiger partial charge is 0.335 e. The average Bonchev–Trinajstić information content (AvgIpc) is 2.79. The van der Waals surface area contributed by atoms with Crippen molar-refractivity contribution in [3.63, 3.8) is 0 Å². The molecular weight excluding hydrogens is 400 g/mol. The van der Waals surface area contributed by atoms with Gasteiger partial charge in [-0.1, -0.05) is 50.2 Å². The first kappa shape index (κ1) is 23.8. The highest BCUT2D eigenvalue weighted by atomic mass is 16.4. The summed E-state index contributed by atoms with van der Waals surface area (Å²) in [6.07, 6.45) is 2.07. The van der Waals surface area contributed by atoms with Crippen molar-refractivity contribution in [2.75, 3.05) is 38.0 Å². The fraction of sp³-hybridized carbons (Fsp3) is 0.462. The molecule has 0 bridgehead atoms. The highest BCUT2D eigenvalue weighted by Crippen LogP contribution is 2.16. The van der Waals surface area contributed by atoms with Crippen LogP contribution in [-0.4, -0.2) is 65.6 Å². The van der Waals surface area contributed by atoms with E-state index in [1.54, 1.807) is 18.2 Å². The fourth-order valence-corrected chi connectivity index (χ4v) is 4.22. The monoisotopic (exact) mass is 436 g/mol. The van der Waals surface area contributed by atoms with E-state index < -0.39 is 5.97 Å². The Bertz CT molecular complexity index is 890. The fourth-order valence-electron chi connectivity index (χ4n) is 4.22. The predicted octanol–water partition coefficient (Wildman–Crippen LogP) is 4.45. The molecule has 0 aliphatic carbocycles. The summed E-state index contributed by atoms with van der Waals surface area (Å²) in [7, 11) is 0. The Balaban J connectivity index is 1.70. The third-order valence-corrected chi connectivity index (χ3v) is 5.92. The molecule has 1 fully saturated rings. The Kier molecular flexibility index (Phi) is 8.68. The lowest BCUT2D eigenvalue weighted by molar-refractivity contribution is 0.0697. The minimum Gasteiger partial charge on any atom is -0.478 e. The van der Waals surface area contributed by atoms with E-state index in [-0.39, 0.29) is 5.56 Å². The standard InChI is InChI=1S/C26H36N4O2/c1-20(2)18-21(3)29-14-16-30(17-15-29)26(27-13-12-22-8-5-4-6-9-22)28-24-11-7-10-23(19-24)25(31)32/h4-11,19-21H,12-18H2,1-3H3,(H,27,28)(H,31,32)/t21-/m0/s1. The van der Waals surface area contributed by atoms with Crippen LogP contribution in [0.2, 0.25) is 0 Å². The molecule has 2 aromatic carbocycles. The Morgan fingerprint density at radius 3 is 2.41 bits per heavy atom. The summed E-state index contributed by atoms with van der Waals surface area (Å²) >= 11 is 0. The summed E-state index contributed by atoms with van der Waals surface area (Å²) in [6, 6.07) is 17.9. The predicted molar refractivity (Wildman–Crippen MR) is 132 cm³/mol. The minimum absolute atomic E-state index is 0.269. The van der Waals surface area contributed by atoms with Crippen LogP contribution < -0.4 is 5.32 Å². The van der Waals surface area contributed by atoms with Gasteiger partial charge in [-0.2, -0.15) is 0 Å². The summed E-state index contributed by atoms with van der Waals surface area (Å²) in [5.41, 5.74) is 2.28. The number of carboxylic acids is 1. The second kappa shape index (κ2) is 11.7. The van der Waals surface area contributed by atoms with Crippen molar-refractivity contribution in [2.24, 2.45) is 10.9 Å². The maximum Gasteiger partial charge on any atom is 0.335 e. The van der Waals surface area contributed by atoms with E-state index in [2.05, 4.69) is 48.0 Å². The van der Waals surface area contributed by atoms with Crippen LogP contribution in [0.5, 0.6) is 0 Å². The number of nitrogens with zero attached hydrogens (tertiary/aromatic N) is 3. The van der Waals surface area contributed by atoms with Crippen molar-refractivity contribution >= 4 is 17.6 Å². The Morgan fingerprint density at radius 2 is 1.75 bits per heavy atom. The third-order valence-electron chi connectivity index (χ3n) is 5.92. The van der Waals surface area contributed by atoms with Gasteiger partial charge in [0.25, 0.3) is 0 Å². The summed E-state index contributed by atoms with van der Waals surface area (Å²) in [5.74, 6) is 0.588. The number of carboxylic acid groups (broad SMARTS) is 1. The molecule has 3 rings (SSSR count). The van der Waals surface area contributed by atoms with Crippen molar-refractivity contribution in [2.45, 2.75) is 39.7 Å². The van der Waals surface area contributed by atoms with Crippen LogP contribution in [0.25, 0.3) is 0 Å². The average molecular weight is 437 g/mol. The zero-order chi connectivity index (χ0) is 22.9. The summed E-state index contributed by atoms with van der Waals surface area (Å²) in [6.45, 7) is 11.4. The summed E-state index contributed by atoms with van der Waals surface area (Å²) in [4.78, 5) is 21.1. The first-order valence-corrected chi connectivity index (χ1v) is 11.6. The van der Waals surface area contributed by atoms with Crippen molar-refractivity contribution in [1.82, 2.24) is 9.80 Å². The largest absolute Gasteiger partial charge is 0.478 e. The van der Waals surface area contributed by atoms with Gasteiger partial charge in [0, 0.05) is 44.5 Å². The Hall–Kier alpha value is -2.86. The number of hydrogen-bond acceptors (Lipinski definition) is 3. The van der Waals surface area contributed by atoms with Crippen molar-refractivity contribution < 1.29 is 9.90 Å². The first-order chi connectivity index (χ1) is 15.4. The number of nitrogens with one attached hydrogen (secondary N) is 1. The van der Waals surface area contributed by atoms with Gasteiger partial charge in [-0.3, -0.25) is 9.89 Å². The highest BCUT2D eigenvalue weighted by molar-refractivity contribution is 5.95. The topological polar surface area (TPSA) is 68.2 Å². The lowest BCUT2D eigenvalue weighted by Gasteiger charge is -2.40. The van der Waals surface area contributed by atoms with Gasteiger partial charge in [-0.15, -0.1) is 0 Å². The van der Waals surface area contributed by atoms with Crippen LogP contribution in [0.3, 0.4) is 0 Å². The molecule has 0 radical (unpaired) electrons. The van der Waals surface area contributed by atoms with Gasteiger partial charge >= 0.3 is 5.97 Å². The first-order valence-electron chi connectivity index (χ1n) is 11.6. The number of benzene rings is 2. The number of piperazine rings is 1. The zero-order valence-electron chi connectivity index (χ0n) is 19.5. The van der Waals surface area contributed by atoms with Crippen LogP contribution >= 0.6 is 0 Å². The van der Waals surface area contributed by atoms with Gasteiger partial charge in [0.1, 0.15) is 0 Å². The van der Waals surface area contributed by atoms with Crippen LogP contribution in [0.15, 0.2) is 59.6 Å². The molecule has 2 N–H and O–H groups in total. The van der Waals surface area contributed by atoms with Crippen molar-refractivity contribution in [3.8, 4) is 0 Å². The van der Waals surface area contributed by atoms with Gasteiger partial charge in [0.15, 0.2) is 5.96 Å². The summed E-state index contributed by atoms with van der Waals surface area (Å²) < 4.78 is 0. The van der Waals surface area contributed by atoms with Crippen molar-refractivity contribution in [1.29, 1.82) is 0 Å². The lowest BCUT2D eigenvalue weighted by Crippen LogP contribution is -2.53. The van der Waals surface area contributed by atoms with Crippen LogP contribution in [0.4, 0.5) is 5.69 Å². The Labute approximate surface area is 192 Å². The Morgan fingerprint density at radius 1 is 1.03 bits per heavy atom. The van der Waals surface area contributed by atoms with E-state index in [0.717, 1.165) is 44.2 Å². The van der Waals surface area contributed by atoms with E-state index in [4.69, 9.17) is 4.99 Å². The van der Waals surface area contributed by atoms with E-state index in [1.165, 1.54) is 12.0 Å². The molecule has 2 aromatic rings. The highest BCUT2D eigenvalue weighted by Gasteiger charge is 2.23.